The zero-order valence-corrected chi connectivity index (χ0v) is 8.64. The minimum atomic E-state index is -0.200. The summed E-state index contributed by atoms with van der Waals surface area (Å²) < 4.78 is 10.5. The summed E-state index contributed by atoms with van der Waals surface area (Å²) in [4.78, 5) is 0. The van der Waals surface area contributed by atoms with E-state index in [0.717, 1.165) is 6.42 Å². The molecule has 0 radical (unpaired) electrons. The van der Waals surface area contributed by atoms with E-state index in [2.05, 4.69) is 12.1 Å². The highest BCUT2D eigenvalue weighted by atomic mass is 16.7. The van der Waals surface area contributed by atoms with Gasteiger partial charge in [0.1, 0.15) is 0 Å². The van der Waals surface area contributed by atoms with E-state index in [0.29, 0.717) is 0 Å². The number of ether oxygens (including phenoxy) is 2. The van der Waals surface area contributed by atoms with Gasteiger partial charge in [-0.2, -0.15) is 0 Å². The minimum Gasteiger partial charge on any atom is -0.473 e. The van der Waals surface area contributed by atoms with Gasteiger partial charge >= 0.3 is 0 Å². The summed E-state index contributed by atoms with van der Waals surface area (Å²) in [6.45, 7) is 1.91. The van der Waals surface area contributed by atoms with Crippen molar-refractivity contribution in [2.75, 3.05) is 7.11 Å². The maximum Gasteiger partial charge on any atom is 0.202 e. The summed E-state index contributed by atoms with van der Waals surface area (Å²) in [7, 11) is 1.65. The van der Waals surface area contributed by atoms with E-state index in [-0.39, 0.29) is 6.29 Å². The molecular formula is C12H16O2. The summed E-state index contributed by atoms with van der Waals surface area (Å²) >= 11 is 0. The van der Waals surface area contributed by atoms with E-state index in [1.54, 1.807) is 13.4 Å². The van der Waals surface area contributed by atoms with Gasteiger partial charge in [0.15, 0.2) is 0 Å². The van der Waals surface area contributed by atoms with Crippen LogP contribution in [0.25, 0.3) is 0 Å². The van der Waals surface area contributed by atoms with Crippen LogP contribution < -0.4 is 0 Å². The molecule has 0 fully saturated rings. The number of hydrogen-bond donors (Lipinski definition) is 0. The lowest BCUT2D eigenvalue weighted by molar-refractivity contribution is -0.0810. The predicted octanol–water partition coefficient (Wildman–Crippen LogP) is 2.75. The summed E-state index contributed by atoms with van der Waals surface area (Å²) in [5, 5.41) is 0. The van der Waals surface area contributed by atoms with Crippen LogP contribution in [-0.4, -0.2) is 13.4 Å². The van der Waals surface area contributed by atoms with Gasteiger partial charge in [-0.1, -0.05) is 36.4 Å². The molecule has 0 aromatic heterocycles. The van der Waals surface area contributed by atoms with Gasteiger partial charge in [0.05, 0.1) is 6.26 Å². The molecule has 0 aliphatic carbocycles. The predicted molar refractivity (Wildman–Crippen MR) is 56.8 cm³/mol. The maximum absolute atomic E-state index is 5.34. The summed E-state index contributed by atoms with van der Waals surface area (Å²) in [5.41, 5.74) is 1.21. The SMILES string of the molecule is C/C=C\OC(Cc1ccccc1)OC. The van der Waals surface area contributed by atoms with Crippen molar-refractivity contribution in [3.8, 4) is 0 Å². The van der Waals surface area contributed by atoms with Crippen LogP contribution in [0.5, 0.6) is 0 Å². The van der Waals surface area contributed by atoms with Gasteiger partial charge in [-0.05, 0) is 12.5 Å². The van der Waals surface area contributed by atoms with Crippen molar-refractivity contribution < 1.29 is 9.47 Å². The highest BCUT2D eigenvalue weighted by molar-refractivity contribution is 5.15. The molecule has 2 nitrogen and oxygen atoms in total. The van der Waals surface area contributed by atoms with Crippen LogP contribution in [-0.2, 0) is 15.9 Å². The molecule has 1 unspecified atom stereocenters. The third-order valence-electron chi connectivity index (χ3n) is 1.87. The van der Waals surface area contributed by atoms with Crippen molar-refractivity contribution in [1.82, 2.24) is 0 Å². The van der Waals surface area contributed by atoms with Crippen LogP contribution in [0.15, 0.2) is 42.7 Å². The van der Waals surface area contributed by atoms with Gasteiger partial charge in [0, 0.05) is 13.5 Å². The summed E-state index contributed by atoms with van der Waals surface area (Å²) in [6, 6.07) is 10.1. The minimum absolute atomic E-state index is 0.200. The van der Waals surface area contributed by atoms with E-state index in [4.69, 9.17) is 9.47 Å². The first-order valence-electron chi connectivity index (χ1n) is 4.70. The van der Waals surface area contributed by atoms with Gasteiger partial charge in [-0.15, -0.1) is 0 Å². The largest absolute Gasteiger partial charge is 0.473 e. The Bertz CT molecular complexity index is 267. The second kappa shape index (κ2) is 6.22. The first-order chi connectivity index (χ1) is 6.86. The molecule has 0 aliphatic rings. The molecule has 0 amide bonds. The topological polar surface area (TPSA) is 18.5 Å². The van der Waals surface area contributed by atoms with Crippen LogP contribution >= 0.6 is 0 Å². The lowest BCUT2D eigenvalue weighted by atomic mass is 10.1. The molecule has 0 spiro atoms. The first kappa shape index (κ1) is 10.8. The number of methoxy groups -OCH3 is 1. The van der Waals surface area contributed by atoms with E-state index >= 15 is 0 Å². The van der Waals surface area contributed by atoms with Gasteiger partial charge in [-0.25, -0.2) is 0 Å². The van der Waals surface area contributed by atoms with Crippen molar-refractivity contribution in [3.05, 3.63) is 48.2 Å². The first-order valence-corrected chi connectivity index (χ1v) is 4.70. The van der Waals surface area contributed by atoms with Crippen LogP contribution in [0.4, 0.5) is 0 Å². The molecule has 0 heterocycles. The highest BCUT2D eigenvalue weighted by Crippen LogP contribution is 2.06. The van der Waals surface area contributed by atoms with Crippen LogP contribution in [0.3, 0.4) is 0 Å². The molecular weight excluding hydrogens is 176 g/mol. The van der Waals surface area contributed by atoms with E-state index in [1.165, 1.54) is 5.56 Å². The lowest BCUT2D eigenvalue weighted by Crippen LogP contribution is -2.15. The van der Waals surface area contributed by atoms with Gasteiger partial charge < -0.3 is 9.47 Å². The van der Waals surface area contributed by atoms with Crippen molar-refractivity contribution in [2.45, 2.75) is 19.6 Å². The van der Waals surface area contributed by atoms with Crippen molar-refractivity contribution in [1.29, 1.82) is 0 Å². The Kier molecular flexibility index (Phi) is 4.79. The zero-order chi connectivity index (χ0) is 10.2. The summed E-state index contributed by atoms with van der Waals surface area (Å²) in [6.07, 6.45) is 4.06. The van der Waals surface area contributed by atoms with Gasteiger partial charge in [0.2, 0.25) is 6.29 Å². The third kappa shape index (κ3) is 3.62. The average molecular weight is 192 g/mol. The van der Waals surface area contributed by atoms with Crippen LogP contribution in [0.2, 0.25) is 0 Å². The molecule has 0 bridgehead atoms. The molecule has 0 aliphatic heterocycles. The second-order valence-corrected chi connectivity index (χ2v) is 2.96. The normalized spacial score (nSPS) is 13.0. The fourth-order valence-electron chi connectivity index (χ4n) is 1.16. The standard InChI is InChI=1S/C12H16O2/c1-3-9-14-12(13-2)10-11-7-5-4-6-8-11/h3-9,12H,10H2,1-2H3/b9-3-. The Labute approximate surface area is 85.2 Å². The monoisotopic (exact) mass is 192 g/mol. The Morgan fingerprint density at radius 1 is 1.29 bits per heavy atom. The molecule has 0 saturated carbocycles. The van der Waals surface area contributed by atoms with Crippen LogP contribution in [0.1, 0.15) is 12.5 Å². The van der Waals surface area contributed by atoms with E-state index in [9.17, 15) is 0 Å². The van der Waals surface area contributed by atoms with E-state index in [1.807, 2.05) is 31.2 Å². The number of rotatable bonds is 5. The molecule has 1 rings (SSSR count). The zero-order valence-electron chi connectivity index (χ0n) is 8.64. The molecule has 1 aromatic rings. The maximum atomic E-state index is 5.34. The molecule has 1 aromatic carbocycles. The molecule has 1 atom stereocenters. The fraction of sp³-hybridized carbons (Fsp3) is 0.333. The number of allylic oxidation sites excluding steroid dienone is 1. The Hall–Kier alpha value is -1.28. The van der Waals surface area contributed by atoms with Gasteiger partial charge in [-0.3, -0.25) is 0 Å². The van der Waals surface area contributed by atoms with Gasteiger partial charge in [0.25, 0.3) is 0 Å². The number of benzene rings is 1. The Morgan fingerprint density at radius 2 is 2.00 bits per heavy atom. The highest BCUT2D eigenvalue weighted by Gasteiger charge is 2.06. The fourth-order valence-corrected chi connectivity index (χ4v) is 1.16. The second-order valence-electron chi connectivity index (χ2n) is 2.96. The molecule has 0 saturated heterocycles. The van der Waals surface area contributed by atoms with Crippen molar-refractivity contribution >= 4 is 0 Å². The lowest BCUT2D eigenvalue weighted by Gasteiger charge is -2.14. The number of hydrogen-bond acceptors (Lipinski definition) is 2. The molecule has 0 N–H and O–H groups in total. The Balaban J connectivity index is 2.48. The average Bonchev–Trinajstić information content (AvgIpc) is 2.25. The van der Waals surface area contributed by atoms with Crippen LogP contribution in [0, 0.1) is 0 Å². The van der Waals surface area contributed by atoms with E-state index < -0.39 is 0 Å². The third-order valence-corrected chi connectivity index (χ3v) is 1.87. The molecule has 2 heteroatoms. The molecule has 76 valence electrons. The quantitative estimate of drug-likeness (QED) is 0.527. The van der Waals surface area contributed by atoms with Crippen molar-refractivity contribution in [3.63, 3.8) is 0 Å². The smallest absolute Gasteiger partial charge is 0.202 e. The van der Waals surface area contributed by atoms with Crippen molar-refractivity contribution in [2.24, 2.45) is 0 Å². The summed E-state index contributed by atoms with van der Waals surface area (Å²) in [5.74, 6) is 0. The molecule has 14 heavy (non-hydrogen) atoms. The Morgan fingerprint density at radius 3 is 2.57 bits per heavy atom.